The number of rotatable bonds is 15. The first-order valence-electron chi connectivity index (χ1n) is 21.2. The van der Waals surface area contributed by atoms with Gasteiger partial charge >= 0.3 is 16.4 Å². The first-order valence-corrected chi connectivity index (χ1v) is 22.9. The summed E-state index contributed by atoms with van der Waals surface area (Å²) in [5.41, 5.74) is 11.4. The molecule has 11 N–H and O–H groups in total. The highest BCUT2D eigenvalue weighted by Gasteiger charge is 2.47. The highest BCUT2D eigenvalue weighted by molar-refractivity contribution is 7.80. The molecule has 2 aliphatic rings. The quantitative estimate of drug-likeness (QED) is 0.0297. The Kier molecular flexibility index (Phi) is 20.4. The lowest BCUT2D eigenvalue weighted by Gasteiger charge is -2.44. The fourth-order valence-electron chi connectivity index (χ4n) is 7.37. The number of esters is 1. The fourth-order valence-corrected chi connectivity index (χ4v) is 8.10. The summed E-state index contributed by atoms with van der Waals surface area (Å²) in [5.74, 6) is -8.63. The van der Waals surface area contributed by atoms with E-state index in [1.54, 1.807) is 39.8 Å². The van der Waals surface area contributed by atoms with E-state index in [1.165, 1.54) is 20.2 Å². The average molecular weight is 977 g/mol. The van der Waals surface area contributed by atoms with Crippen molar-refractivity contribution < 1.29 is 70.4 Å². The van der Waals surface area contributed by atoms with Gasteiger partial charge in [0, 0.05) is 20.0 Å². The number of guanidine groups is 1. The second-order valence-electron chi connectivity index (χ2n) is 16.4. The van der Waals surface area contributed by atoms with Crippen molar-refractivity contribution in [1.29, 1.82) is 0 Å². The zero-order chi connectivity index (χ0) is 49.8. The summed E-state index contributed by atoms with van der Waals surface area (Å²) in [6, 6.07) is -4.57. The Morgan fingerprint density at radius 2 is 1.71 bits per heavy atom. The van der Waals surface area contributed by atoms with Gasteiger partial charge < -0.3 is 62.2 Å². The first kappa shape index (κ1) is 55.0. The predicted octanol–water partition coefficient (Wildman–Crippen LogP) is -2.15. The molecule has 3 rings (SSSR count). The van der Waals surface area contributed by atoms with Crippen LogP contribution in [-0.2, 0) is 59.3 Å². The molecule has 1 aromatic carbocycles. The molecular formula is C40H62ClN9O15S. The maximum atomic E-state index is 14.9. The summed E-state index contributed by atoms with van der Waals surface area (Å²) >= 11 is 6.44. The predicted molar refractivity (Wildman–Crippen MR) is 235 cm³/mol. The summed E-state index contributed by atoms with van der Waals surface area (Å²) in [6.07, 6.45) is -5.82. The number of fused-ring (bicyclic) bond motifs is 2. The summed E-state index contributed by atoms with van der Waals surface area (Å²) in [4.78, 5) is 106. The third-order valence-electron chi connectivity index (χ3n) is 11.2. The minimum atomic E-state index is -5.34. The standard InChI is InChI=1S/C40H62ClN9O15S/c1-8-20(4)32-38(58)49(6)26(17-22-11-13-27(63-7)23(41)16-22)34(54)47-30(19(2)3)39(59)64-21(5)31(48-35(55)28(18-51)65-66(60,61)62)36(56)45-24(10-9-15-44-40(42)43)33(53)46-25-12-14-29(52)50(32)37(25)57/h11,13,16,19-21,24-26,28-32,51-52H,8-10,12,14-15,17-18H2,1-7H3,(H,45,56)(H,46,53)(H,47,54)(H,48,55)(H4,42,43,44)(H,60,61,62)/t20-,21+,24-,25-,26-,28+,29+,30-,31-,32-/m0/s1. The third kappa shape index (κ3) is 14.8. The summed E-state index contributed by atoms with van der Waals surface area (Å²) in [6.45, 7) is 6.31. The number of cyclic esters (lactones) is 1. The summed E-state index contributed by atoms with van der Waals surface area (Å²) in [5, 5.41) is 31.1. The number of likely N-dealkylation sites (N-methyl/N-ethyl adjacent to an activating group) is 1. The number of halogens is 1. The van der Waals surface area contributed by atoms with E-state index < -0.39 is 125 Å². The molecule has 0 aromatic heterocycles. The van der Waals surface area contributed by atoms with E-state index in [9.17, 15) is 56.7 Å². The van der Waals surface area contributed by atoms with Crippen molar-refractivity contribution >= 4 is 69.4 Å². The van der Waals surface area contributed by atoms with E-state index in [2.05, 4.69) is 30.4 Å². The molecular weight excluding hydrogens is 914 g/mol. The molecule has 1 aromatic rings. The van der Waals surface area contributed by atoms with E-state index in [-0.39, 0.29) is 49.6 Å². The maximum Gasteiger partial charge on any atom is 0.398 e. The third-order valence-corrected chi connectivity index (χ3v) is 12.0. The second-order valence-corrected chi connectivity index (χ2v) is 17.9. The van der Waals surface area contributed by atoms with Crippen molar-refractivity contribution in [2.75, 3.05) is 27.3 Å². The van der Waals surface area contributed by atoms with Gasteiger partial charge in [-0.3, -0.25) is 38.3 Å². The molecule has 2 fully saturated rings. The minimum Gasteiger partial charge on any atom is -0.495 e. The molecule has 24 nitrogen and oxygen atoms in total. The Morgan fingerprint density at radius 1 is 1.05 bits per heavy atom. The zero-order valence-electron chi connectivity index (χ0n) is 37.8. The number of nitrogens with zero attached hydrogens (tertiary/aromatic N) is 3. The molecule has 0 saturated carbocycles. The monoisotopic (exact) mass is 975 g/mol. The van der Waals surface area contributed by atoms with Gasteiger partial charge in [0.05, 0.1) is 18.7 Å². The maximum absolute atomic E-state index is 14.9. The number of piperidine rings is 1. The van der Waals surface area contributed by atoms with E-state index in [1.807, 2.05) is 0 Å². The number of benzene rings is 1. The van der Waals surface area contributed by atoms with Crippen LogP contribution in [0.15, 0.2) is 23.2 Å². The van der Waals surface area contributed by atoms with Crippen LogP contribution in [0.4, 0.5) is 0 Å². The molecule has 6 amide bonds. The number of hydrogen-bond donors (Lipinski definition) is 9. The molecule has 0 radical (unpaired) electrons. The van der Waals surface area contributed by atoms with Crippen molar-refractivity contribution in [2.45, 2.75) is 128 Å². The SMILES string of the molecule is CC[C@H](C)[C@H]1C(=O)N(C)[C@@H](Cc2ccc(OC)c(Cl)c2)C(=O)N[C@@H](C(C)C)C(=O)O[C@H](C)[C@H](NC(=O)[C@@H](CO)OS(=O)(=O)O)C(=O)N[C@@H](CCCN=C(N)N)C(=O)N[C@H]2CC[C@@H](O)N1C2=O. The van der Waals surface area contributed by atoms with Crippen LogP contribution in [0, 0.1) is 11.8 Å². The van der Waals surface area contributed by atoms with Gasteiger partial charge in [-0.25, -0.2) is 8.98 Å². The number of aliphatic hydroxyl groups excluding tert-OH is 2. The van der Waals surface area contributed by atoms with Crippen molar-refractivity contribution in [3.8, 4) is 5.75 Å². The molecule has 26 heteroatoms. The molecule has 66 heavy (non-hydrogen) atoms. The van der Waals surface area contributed by atoms with Gasteiger partial charge in [0.15, 0.2) is 12.1 Å². The molecule has 10 atom stereocenters. The lowest BCUT2D eigenvalue weighted by molar-refractivity contribution is -0.168. The van der Waals surface area contributed by atoms with Gasteiger partial charge in [-0.2, -0.15) is 8.42 Å². The Labute approximate surface area is 387 Å². The van der Waals surface area contributed by atoms with Crippen LogP contribution in [0.1, 0.15) is 72.3 Å². The number of methoxy groups -OCH3 is 1. The van der Waals surface area contributed by atoms with Crippen LogP contribution in [0.5, 0.6) is 5.75 Å². The lowest BCUT2D eigenvalue weighted by atomic mass is 9.91. The Hall–Kier alpha value is -5.34. The molecule has 370 valence electrons. The Bertz CT molecular complexity index is 2080. The van der Waals surface area contributed by atoms with Crippen molar-refractivity contribution in [1.82, 2.24) is 31.1 Å². The molecule has 2 bridgehead atoms. The number of nitrogens with two attached hydrogens (primary N) is 2. The number of aliphatic imine (C=N–C) groups is 1. The van der Waals surface area contributed by atoms with Gasteiger partial charge in [0.25, 0.3) is 5.91 Å². The summed E-state index contributed by atoms with van der Waals surface area (Å²) < 4.78 is 47.4. The lowest BCUT2D eigenvalue weighted by Crippen LogP contribution is -2.66. The molecule has 0 spiro atoms. The number of amides is 6. The van der Waals surface area contributed by atoms with Crippen molar-refractivity contribution in [3.63, 3.8) is 0 Å². The van der Waals surface area contributed by atoms with E-state index >= 15 is 0 Å². The zero-order valence-corrected chi connectivity index (χ0v) is 39.3. The van der Waals surface area contributed by atoms with Crippen LogP contribution in [0.3, 0.4) is 0 Å². The number of carbonyl (C=O) groups excluding carboxylic acids is 7. The minimum absolute atomic E-state index is 0.0370. The molecule has 0 aliphatic carbocycles. The second kappa shape index (κ2) is 24.4. The van der Waals surface area contributed by atoms with E-state index in [0.29, 0.717) is 17.7 Å². The van der Waals surface area contributed by atoms with Crippen LogP contribution >= 0.6 is 11.6 Å². The Balaban J connectivity index is 2.27. The number of nitrogens with one attached hydrogen (secondary N) is 4. The van der Waals surface area contributed by atoms with Crippen LogP contribution in [0.2, 0.25) is 5.02 Å². The van der Waals surface area contributed by atoms with E-state index in [0.717, 1.165) is 16.7 Å². The molecule has 0 unspecified atom stereocenters. The van der Waals surface area contributed by atoms with Gasteiger partial charge in [-0.05, 0) is 62.1 Å². The number of carbonyl (C=O) groups is 7. The number of aliphatic hydroxyl groups is 2. The first-order chi connectivity index (χ1) is 30.8. The molecule has 2 aliphatic heterocycles. The van der Waals surface area contributed by atoms with Gasteiger partial charge in [-0.1, -0.05) is 51.8 Å². The van der Waals surface area contributed by atoms with Crippen molar-refractivity contribution in [2.24, 2.45) is 28.3 Å². The van der Waals surface area contributed by atoms with Crippen LogP contribution < -0.4 is 37.5 Å². The van der Waals surface area contributed by atoms with Crippen LogP contribution in [-0.4, -0.2) is 162 Å². The van der Waals surface area contributed by atoms with Crippen LogP contribution in [0.25, 0.3) is 0 Å². The van der Waals surface area contributed by atoms with Gasteiger partial charge in [0.2, 0.25) is 29.5 Å². The highest BCUT2D eigenvalue weighted by Crippen LogP contribution is 2.29. The number of ether oxygens (including phenoxy) is 2. The number of hydrogen-bond acceptors (Lipinski definition) is 15. The fraction of sp³-hybridized carbons (Fsp3) is 0.650. The topological polar surface area (TPSA) is 361 Å². The molecule has 2 saturated heterocycles. The largest absolute Gasteiger partial charge is 0.495 e. The van der Waals surface area contributed by atoms with Gasteiger partial charge in [0.1, 0.15) is 54.3 Å². The average Bonchev–Trinajstić information content (AvgIpc) is 3.24. The Morgan fingerprint density at radius 3 is 2.27 bits per heavy atom. The highest BCUT2D eigenvalue weighted by atomic mass is 35.5. The van der Waals surface area contributed by atoms with E-state index in [4.69, 9.17) is 32.5 Å². The molecule has 2 heterocycles. The summed E-state index contributed by atoms with van der Waals surface area (Å²) in [7, 11) is -2.61. The van der Waals surface area contributed by atoms with Gasteiger partial charge in [-0.15, -0.1) is 0 Å². The van der Waals surface area contributed by atoms with Crippen molar-refractivity contribution in [3.05, 3.63) is 28.8 Å². The smallest absolute Gasteiger partial charge is 0.398 e. The normalized spacial score (nSPS) is 26.1.